The standard InChI is InChI=1S/C22H23N3O4/c1-14(2)15-8-10-16(11-9-15)21-24-20(29-25-21)13-12-19(26)23-18-7-5-4-6-17(18)22(27)28-3/h4-11,14H,12-13H2,1-3H3,(H,23,26). The van der Waals surface area contributed by atoms with Crippen LogP contribution >= 0.6 is 0 Å². The van der Waals surface area contributed by atoms with Crippen molar-refractivity contribution in [2.75, 3.05) is 12.4 Å². The van der Waals surface area contributed by atoms with E-state index in [0.29, 0.717) is 35.3 Å². The molecule has 2 aromatic carbocycles. The van der Waals surface area contributed by atoms with E-state index in [-0.39, 0.29) is 12.3 Å². The monoisotopic (exact) mass is 393 g/mol. The highest BCUT2D eigenvalue weighted by atomic mass is 16.5. The lowest BCUT2D eigenvalue weighted by molar-refractivity contribution is -0.116. The number of para-hydroxylation sites is 1. The lowest BCUT2D eigenvalue weighted by atomic mass is 10.0. The van der Waals surface area contributed by atoms with E-state index in [2.05, 4.69) is 29.3 Å². The number of amides is 1. The van der Waals surface area contributed by atoms with E-state index < -0.39 is 5.97 Å². The number of nitrogens with zero attached hydrogens (tertiary/aromatic N) is 2. The zero-order valence-corrected chi connectivity index (χ0v) is 16.6. The maximum atomic E-state index is 12.3. The fraction of sp³-hybridized carbons (Fsp3) is 0.273. The molecule has 0 atom stereocenters. The van der Waals surface area contributed by atoms with Gasteiger partial charge in [-0.05, 0) is 23.6 Å². The highest BCUT2D eigenvalue weighted by Crippen LogP contribution is 2.21. The second kappa shape index (κ2) is 9.14. The molecule has 3 aromatic rings. The largest absolute Gasteiger partial charge is 0.465 e. The van der Waals surface area contributed by atoms with Crippen LogP contribution in [0.25, 0.3) is 11.4 Å². The van der Waals surface area contributed by atoms with E-state index in [0.717, 1.165) is 5.56 Å². The molecule has 1 amide bonds. The summed E-state index contributed by atoms with van der Waals surface area (Å²) in [6.45, 7) is 4.27. The van der Waals surface area contributed by atoms with Crippen molar-refractivity contribution >= 4 is 17.6 Å². The lowest BCUT2D eigenvalue weighted by Crippen LogP contribution is -2.15. The van der Waals surface area contributed by atoms with Gasteiger partial charge in [-0.3, -0.25) is 4.79 Å². The Kier molecular flexibility index (Phi) is 6.39. The minimum Gasteiger partial charge on any atom is -0.465 e. The van der Waals surface area contributed by atoms with Crippen LogP contribution in [-0.4, -0.2) is 29.1 Å². The summed E-state index contributed by atoms with van der Waals surface area (Å²) in [5, 5.41) is 6.71. The quantitative estimate of drug-likeness (QED) is 0.604. The summed E-state index contributed by atoms with van der Waals surface area (Å²) in [6, 6.07) is 14.7. The summed E-state index contributed by atoms with van der Waals surface area (Å²) in [4.78, 5) is 28.4. The molecular weight excluding hydrogens is 370 g/mol. The first kappa shape index (κ1) is 20.3. The fourth-order valence-corrected chi connectivity index (χ4v) is 2.80. The number of hydrogen-bond donors (Lipinski definition) is 1. The van der Waals surface area contributed by atoms with E-state index in [1.807, 2.05) is 24.3 Å². The van der Waals surface area contributed by atoms with Crippen molar-refractivity contribution in [1.82, 2.24) is 10.1 Å². The second-order valence-corrected chi connectivity index (χ2v) is 6.87. The molecule has 7 heteroatoms. The van der Waals surface area contributed by atoms with Gasteiger partial charge in [0, 0.05) is 18.4 Å². The predicted molar refractivity (Wildman–Crippen MR) is 109 cm³/mol. The van der Waals surface area contributed by atoms with Gasteiger partial charge in [0.15, 0.2) is 0 Å². The molecule has 0 bridgehead atoms. The smallest absolute Gasteiger partial charge is 0.339 e. The second-order valence-electron chi connectivity index (χ2n) is 6.87. The van der Waals surface area contributed by atoms with Gasteiger partial charge in [0.2, 0.25) is 17.6 Å². The number of aromatic nitrogens is 2. The number of methoxy groups -OCH3 is 1. The van der Waals surface area contributed by atoms with Gasteiger partial charge in [-0.15, -0.1) is 0 Å². The van der Waals surface area contributed by atoms with Gasteiger partial charge in [0.25, 0.3) is 0 Å². The number of nitrogens with one attached hydrogen (secondary N) is 1. The Hall–Kier alpha value is -3.48. The molecule has 0 spiro atoms. The minimum absolute atomic E-state index is 0.142. The molecule has 1 heterocycles. The molecule has 0 saturated heterocycles. The van der Waals surface area contributed by atoms with Crippen molar-refractivity contribution in [3.05, 3.63) is 65.5 Å². The highest BCUT2D eigenvalue weighted by molar-refractivity contribution is 6.01. The highest BCUT2D eigenvalue weighted by Gasteiger charge is 2.15. The molecule has 1 N–H and O–H groups in total. The molecule has 1 aromatic heterocycles. The number of rotatable bonds is 7. The fourth-order valence-electron chi connectivity index (χ4n) is 2.80. The normalized spacial score (nSPS) is 10.8. The third-order valence-electron chi connectivity index (χ3n) is 4.48. The molecule has 0 aliphatic carbocycles. The topological polar surface area (TPSA) is 94.3 Å². The molecule has 0 aliphatic heterocycles. The maximum absolute atomic E-state index is 12.3. The average molecular weight is 393 g/mol. The van der Waals surface area contributed by atoms with Crippen LogP contribution < -0.4 is 5.32 Å². The van der Waals surface area contributed by atoms with Gasteiger partial charge in [-0.1, -0.05) is 55.4 Å². The molecule has 0 aliphatic rings. The van der Waals surface area contributed by atoms with Gasteiger partial charge < -0.3 is 14.6 Å². The number of anilines is 1. The molecule has 0 unspecified atom stereocenters. The predicted octanol–water partition coefficient (Wildman–Crippen LogP) is 4.22. The SMILES string of the molecule is COC(=O)c1ccccc1NC(=O)CCc1nc(-c2ccc(C(C)C)cc2)no1. The Balaban J connectivity index is 1.60. The maximum Gasteiger partial charge on any atom is 0.339 e. The number of ether oxygens (including phenoxy) is 1. The zero-order chi connectivity index (χ0) is 20.8. The van der Waals surface area contributed by atoms with Gasteiger partial charge in [-0.2, -0.15) is 4.98 Å². The zero-order valence-electron chi connectivity index (χ0n) is 16.6. The van der Waals surface area contributed by atoms with Crippen LogP contribution in [0.5, 0.6) is 0 Å². The van der Waals surface area contributed by atoms with Crippen molar-refractivity contribution in [2.24, 2.45) is 0 Å². The Labute approximate surface area is 169 Å². The van der Waals surface area contributed by atoms with E-state index in [1.165, 1.54) is 12.7 Å². The summed E-state index contributed by atoms with van der Waals surface area (Å²) in [5.41, 5.74) is 2.80. The average Bonchev–Trinajstić information content (AvgIpc) is 3.21. The molecule has 29 heavy (non-hydrogen) atoms. The number of hydrogen-bond acceptors (Lipinski definition) is 6. The summed E-state index contributed by atoms with van der Waals surface area (Å²) < 4.78 is 9.99. The van der Waals surface area contributed by atoms with Gasteiger partial charge in [0.05, 0.1) is 18.4 Å². The van der Waals surface area contributed by atoms with Crippen molar-refractivity contribution in [3.8, 4) is 11.4 Å². The number of aryl methyl sites for hydroxylation is 1. The molecule has 0 fully saturated rings. The van der Waals surface area contributed by atoms with Crippen LogP contribution in [0.4, 0.5) is 5.69 Å². The molecule has 0 radical (unpaired) electrons. The molecule has 7 nitrogen and oxygen atoms in total. The first-order valence-electron chi connectivity index (χ1n) is 9.38. The van der Waals surface area contributed by atoms with Crippen molar-refractivity contribution in [3.63, 3.8) is 0 Å². The van der Waals surface area contributed by atoms with E-state index in [9.17, 15) is 9.59 Å². The van der Waals surface area contributed by atoms with Crippen molar-refractivity contribution in [2.45, 2.75) is 32.6 Å². The van der Waals surface area contributed by atoms with Crippen LogP contribution in [-0.2, 0) is 16.0 Å². The number of esters is 1. The van der Waals surface area contributed by atoms with Gasteiger partial charge in [0.1, 0.15) is 0 Å². The summed E-state index contributed by atoms with van der Waals surface area (Å²) in [6.07, 6.45) is 0.437. The minimum atomic E-state index is -0.508. The summed E-state index contributed by atoms with van der Waals surface area (Å²) in [5.74, 6) is 0.553. The van der Waals surface area contributed by atoms with E-state index >= 15 is 0 Å². The summed E-state index contributed by atoms with van der Waals surface area (Å²) >= 11 is 0. The Morgan fingerprint density at radius 1 is 1.10 bits per heavy atom. The van der Waals surface area contributed by atoms with E-state index in [4.69, 9.17) is 9.26 Å². The lowest BCUT2D eigenvalue weighted by Gasteiger charge is -2.08. The van der Waals surface area contributed by atoms with Gasteiger partial charge in [-0.25, -0.2) is 4.79 Å². The first-order chi connectivity index (χ1) is 14.0. The van der Waals surface area contributed by atoms with Crippen LogP contribution in [0.15, 0.2) is 53.1 Å². The number of carbonyl (C=O) groups is 2. The van der Waals surface area contributed by atoms with Crippen LogP contribution in [0, 0.1) is 0 Å². The first-order valence-corrected chi connectivity index (χ1v) is 9.38. The number of carbonyl (C=O) groups excluding carboxylic acids is 2. The Bertz CT molecular complexity index is 993. The third-order valence-corrected chi connectivity index (χ3v) is 4.48. The molecule has 0 saturated carbocycles. The van der Waals surface area contributed by atoms with Crippen LogP contribution in [0.1, 0.15) is 48.0 Å². The molecule has 150 valence electrons. The number of benzene rings is 2. The van der Waals surface area contributed by atoms with Crippen LogP contribution in [0.3, 0.4) is 0 Å². The van der Waals surface area contributed by atoms with E-state index in [1.54, 1.807) is 24.3 Å². The Morgan fingerprint density at radius 2 is 1.83 bits per heavy atom. The molecular formula is C22H23N3O4. The Morgan fingerprint density at radius 3 is 2.52 bits per heavy atom. The third kappa shape index (κ3) is 5.07. The van der Waals surface area contributed by atoms with Crippen molar-refractivity contribution in [1.29, 1.82) is 0 Å². The molecule has 3 rings (SSSR count). The van der Waals surface area contributed by atoms with Crippen LogP contribution in [0.2, 0.25) is 0 Å². The van der Waals surface area contributed by atoms with Gasteiger partial charge >= 0.3 is 5.97 Å². The van der Waals surface area contributed by atoms with Crippen molar-refractivity contribution < 1.29 is 18.8 Å². The summed E-state index contributed by atoms with van der Waals surface area (Å²) in [7, 11) is 1.30.